The Kier molecular flexibility index (Phi) is 5.00. The van der Waals surface area contributed by atoms with Crippen LogP contribution in [0.5, 0.6) is 0 Å². The molecule has 146 valence electrons. The van der Waals surface area contributed by atoms with Crippen molar-refractivity contribution in [3.8, 4) is 0 Å². The van der Waals surface area contributed by atoms with E-state index in [0.717, 1.165) is 29.3 Å². The average Bonchev–Trinajstić information content (AvgIpc) is 3.23. The predicted molar refractivity (Wildman–Crippen MR) is 103 cm³/mol. The molecule has 1 aliphatic heterocycles. The Bertz CT molecular complexity index is 938. The molecule has 0 atom stereocenters. The highest BCUT2D eigenvalue weighted by Crippen LogP contribution is 2.22. The maximum atomic E-state index is 12.7. The van der Waals surface area contributed by atoms with E-state index in [1.54, 1.807) is 12.3 Å². The Hall–Kier alpha value is -2.93. The van der Waals surface area contributed by atoms with Gasteiger partial charge in [0.05, 0.1) is 5.69 Å². The van der Waals surface area contributed by atoms with Crippen LogP contribution in [-0.4, -0.2) is 52.0 Å². The van der Waals surface area contributed by atoms with Gasteiger partial charge in [-0.1, -0.05) is 11.2 Å². The third kappa shape index (κ3) is 3.71. The number of furan rings is 1. The van der Waals surface area contributed by atoms with Crippen LogP contribution in [0.3, 0.4) is 0 Å². The quantitative estimate of drug-likeness (QED) is 0.655. The fourth-order valence-electron chi connectivity index (χ4n) is 3.48. The van der Waals surface area contributed by atoms with Crippen molar-refractivity contribution < 1.29 is 13.7 Å². The number of rotatable bonds is 6. The largest absolute Gasteiger partial charge is 0.456 e. The van der Waals surface area contributed by atoms with E-state index in [4.69, 9.17) is 8.94 Å². The number of nitrogens with zero attached hydrogens (tertiary/aromatic N) is 4. The minimum atomic E-state index is -0.0592. The first-order valence-electron chi connectivity index (χ1n) is 9.40. The number of likely N-dealkylation sites (N-methyl/N-ethyl adjacent to an activating group) is 1. The summed E-state index contributed by atoms with van der Waals surface area (Å²) in [5.41, 5.74) is 3.03. The number of carbonyl (C=O) groups is 1. The van der Waals surface area contributed by atoms with Crippen LogP contribution in [-0.2, 0) is 13.0 Å². The topological polar surface area (TPSA) is 75.6 Å². The lowest BCUT2D eigenvalue weighted by molar-refractivity contribution is 0.0293. The molecule has 0 aromatic carbocycles. The van der Waals surface area contributed by atoms with Gasteiger partial charge in [0.25, 0.3) is 5.91 Å². The van der Waals surface area contributed by atoms with Gasteiger partial charge in [0.15, 0.2) is 5.76 Å². The number of aromatic nitrogens is 2. The van der Waals surface area contributed by atoms with Crippen molar-refractivity contribution in [2.75, 3.05) is 20.1 Å². The molecule has 0 unspecified atom stereocenters. The summed E-state index contributed by atoms with van der Waals surface area (Å²) in [5.74, 6) is 1.85. The molecule has 0 aliphatic carbocycles. The van der Waals surface area contributed by atoms with Crippen molar-refractivity contribution in [2.45, 2.75) is 32.9 Å². The monoisotopic (exact) mass is 380 g/mol. The normalized spacial score (nSPS) is 14.5. The first-order valence-corrected chi connectivity index (χ1v) is 9.40. The van der Waals surface area contributed by atoms with Gasteiger partial charge in [-0.25, -0.2) is 0 Å². The van der Waals surface area contributed by atoms with E-state index in [1.807, 2.05) is 37.1 Å². The van der Waals surface area contributed by atoms with E-state index in [0.29, 0.717) is 31.3 Å². The van der Waals surface area contributed by atoms with E-state index < -0.39 is 0 Å². The predicted octanol–water partition coefficient (Wildman–Crippen LogP) is 2.83. The van der Waals surface area contributed by atoms with Gasteiger partial charge in [0.2, 0.25) is 0 Å². The van der Waals surface area contributed by atoms with Gasteiger partial charge in [-0.15, -0.1) is 0 Å². The van der Waals surface area contributed by atoms with Crippen molar-refractivity contribution in [2.24, 2.45) is 0 Å². The second-order valence-electron chi connectivity index (χ2n) is 7.39. The van der Waals surface area contributed by atoms with Crippen LogP contribution in [0.15, 0.2) is 45.6 Å². The molecule has 3 aromatic rings. The maximum absolute atomic E-state index is 12.7. The molecule has 1 amide bonds. The van der Waals surface area contributed by atoms with Gasteiger partial charge in [-0.3, -0.25) is 14.7 Å². The third-order valence-electron chi connectivity index (χ3n) is 5.33. The van der Waals surface area contributed by atoms with E-state index in [1.165, 1.54) is 5.56 Å². The lowest BCUT2D eigenvalue weighted by atomic mass is 10.1. The molecule has 28 heavy (non-hydrogen) atoms. The molecule has 1 aliphatic rings. The summed E-state index contributed by atoms with van der Waals surface area (Å²) in [5, 5.41) is 3.96. The maximum Gasteiger partial charge on any atom is 0.289 e. The summed E-state index contributed by atoms with van der Waals surface area (Å²) in [7, 11) is 2.08. The highest BCUT2D eigenvalue weighted by Gasteiger charge is 2.35. The molecule has 3 aromatic heterocycles. The molecule has 0 saturated carbocycles. The first-order chi connectivity index (χ1) is 13.5. The number of carbonyl (C=O) groups excluding carboxylic acids is 1. The highest BCUT2D eigenvalue weighted by molar-refractivity contribution is 5.92. The second-order valence-corrected chi connectivity index (χ2v) is 7.39. The van der Waals surface area contributed by atoms with Crippen LogP contribution in [0, 0.1) is 13.8 Å². The highest BCUT2D eigenvalue weighted by atomic mass is 16.5. The number of amides is 1. The van der Waals surface area contributed by atoms with Gasteiger partial charge in [-0.2, -0.15) is 0 Å². The van der Waals surface area contributed by atoms with Crippen molar-refractivity contribution in [1.29, 1.82) is 0 Å². The van der Waals surface area contributed by atoms with Gasteiger partial charge in [-0.05, 0) is 44.7 Å². The van der Waals surface area contributed by atoms with E-state index >= 15 is 0 Å². The second kappa shape index (κ2) is 7.59. The molecule has 7 heteroatoms. The summed E-state index contributed by atoms with van der Waals surface area (Å²) in [6, 6.07) is 7.96. The summed E-state index contributed by atoms with van der Waals surface area (Å²) in [6.45, 7) is 6.02. The van der Waals surface area contributed by atoms with Crippen molar-refractivity contribution in [3.63, 3.8) is 0 Å². The Morgan fingerprint density at radius 1 is 1.29 bits per heavy atom. The zero-order valence-corrected chi connectivity index (χ0v) is 16.4. The van der Waals surface area contributed by atoms with Crippen LogP contribution in [0.1, 0.15) is 38.9 Å². The number of hydrogen-bond donors (Lipinski definition) is 0. The van der Waals surface area contributed by atoms with Crippen molar-refractivity contribution >= 4 is 5.91 Å². The zero-order valence-electron chi connectivity index (χ0n) is 16.4. The molecule has 7 nitrogen and oxygen atoms in total. The number of hydrogen-bond acceptors (Lipinski definition) is 6. The number of aryl methyl sites for hydroxylation is 2. The Morgan fingerprint density at radius 2 is 2.11 bits per heavy atom. The molecule has 1 fully saturated rings. The standard InChI is InChI=1S/C21H24N4O3/c1-14-19(15(2)28-23-14)9-18-6-7-20(27-18)21(26)25-12-17(13-25)24(3)11-16-5-4-8-22-10-16/h4-8,10,17H,9,11-13H2,1-3H3. The third-order valence-corrected chi connectivity index (χ3v) is 5.33. The van der Waals surface area contributed by atoms with Crippen molar-refractivity contribution in [3.05, 3.63) is 70.8 Å². The van der Waals surface area contributed by atoms with E-state index in [2.05, 4.69) is 28.2 Å². The minimum absolute atomic E-state index is 0.0592. The molecular formula is C21H24N4O3. The van der Waals surface area contributed by atoms with Crippen LogP contribution in [0.25, 0.3) is 0 Å². The van der Waals surface area contributed by atoms with Gasteiger partial charge in [0, 0.05) is 50.1 Å². The molecular weight excluding hydrogens is 356 g/mol. The molecule has 4 heterocycles. The first kappa shape index (κ1) is 18.4. The Morgan fingerprint density at radius 3 is 2.79 bits per heavy atom. The van der Waals surface area contributed by atoms with Gasteiger partial charge < -0.3 is 13.8 Å². The lowest BCUT2D eigenvalue weighted by Gasteiger charge is -2.43. The number of pyridine rings is 1. The zero-order chi connectivity index (χ0) is 19.7. The Labute approximate surface area is 163 Å². The van der Waals surface area contributed by atoms with Crippen LogP contribution in [0.4, 0.5) is 0 Å². The molecule has 0 N–H and O–H groups in total. The molecule has 1 saturated heterocycles. The molecule has 0 radical (unpaired) electrons. The minimum Gasteiger partial charge on any atom is -0.456 e. The average molecular weight is 380 g/mol. The summed E-state index contributed by atoms with van der Waals surface area (Å²) in [6.07, 6.45) is 4.23. The Balaban J connectivity index is 1.32. The smallest absolute Gasteiger partial charge is 0.289 e. The van der Waals surface area contributed by atoms with Gasteiger partial charge in [0.1, 0.15) is 11.5 Å². The molecule has 0 bridgehead atoms. The van der Waals surface area contributed by atoms with E-state index in [9.17, 15) is 4.79 Å². The molecule has 4 rings (SSSR count). The van der Waals surface area contributed by atoms with E-state index in [-0.39, 0.29) is 5.91 Å². The van der Waals surface area contributed by atoms with Crippen LogP contribution in [0.2, 0.25) is 0 Å². The fourth-order valence-corrected chi connectivity index (χ4v) is 3.48. The van der Waals surface area contributed by atoms with Gasteiger partial charge >= 0.3 is 0 Å². The van der Waals surface area contributed by atoms with Crippen molar-refractivity contribution in [1.82, 2.24) is 19.9 Å². The fraction of sp³-hybridized carbons (Fsp3) is 0.381. The summed E-state index contributed by atoms with van der Waals surface area (Å²) >= 11 is 0. The summed E-state index contributed by atoms with van der Waals surface area (Å²) in [4.78, 5) is 20.9. The molecule has 0 spiro atoms. The summed E-state index contributed by atoms with van der Waals surface area (Å²) < 4.78 is 11.0. The lowest BCUT2D eigenvalue weighted by Crippen LogP contribution is -2.59. The van der Waals surface area contributed by atoms with Crippen LogP contribution >= 0.6 is 0 Å². The number of likely N-dealkylation sites (tertiary alicyclic amines) is 1. The van der Waals surface area contributed by atoms with Crippen LogP contribution < -0.4 is 0 Å². The SMILES string of the molecule is Cc1noc(C)c1Cc1ccc(C(=O)N2CC(N(C)Cc3cccnc3)C2)o1.